The second-order valence-electron chi connectivity index (χ2n) is 6.55. The van der Waals surface area contributed by atoms with Crippen LogP contribution in [0.4, 0.5) is 0 Å². The molecule has 0 spiro atoms. The third-order valence-electron chi connectivity index (χ3n) is 4.73. The average molecular weight is 378 g/mol. The summed E-state index contributed by atoms with van der Waals surface area (Å²) in [6, 6.07) is 6.81. The highest BCUT2D eigenvalue weighted by Gasteiger charge is 2.31. The first-order valence-corrected chi connectivity index (χ1v) is 10.4. The molecule has 1 aliphatic rings. The lowest BCUT2D eigenvalue weighted by Gasteiger charge is -2.23. The Hall–Kier alpha value is -2.19. The van der Waals surface area contributed by atoms with Crippen LogP contribution < -0.4 is 5.43 Å². The molecular weight excluding hydrogens is 356 g/mol. The number of aromatic amines is 1. The van der Waals surface area contributed by atoms with Crippen molar-refractivity contribution in [2.75, 3.05) is 25.2 Å². The third-order valence-corrected chi connectivity index (χ3v) is 6.48. The molecule has 0 saturated carbocycles. The number of rotatable bonds is 5. The lowest BCUT2D eigenvalue weighted by molar-refractivity contribution is 0.0517. The van der Waals surface area contributed by atoms with E-state index in [1.54, 1.807) is 38.2 Å². The van der Waals surface area contributed by atoms with Crippen LogP contribution in [0.2, 0.25) is 0 Å². The van der Waals surface area contributed by atoms with Gasteiger partial charge in [0.05, 0.1) is 18.1 Å². The maximum absolute atomic E-state index is 13.0. The molecule has 140 valence electrons. The molecule has 1 fully saturated rings. The van der Waals surface area contributed by atoms with E-state index in [-0.39, 0.29) is 41.8 Å². The fourth-order valence-electron chi connectivity index (χ4n) is 3.31. The smallest absolute Gasteiger partial charge is 0.355 e. The van der Waals surface area contributed by atoms with Gasteiger partial charge in [0.2, 0.25) is 0 Å². The number of para-hydroxylation sites is 1. The van der Waals surface area contributed by atoms with Crippen LogP contribution in [0.3, 0.4) is 0 Å². The van der Waals surface area contributed by atoms with Crippen LogP contribution in [0.5, 0.6) is 0 Å². The summed E-state index contributed by atoms with van der Waals surface area (Å²) in [6.07, 6.45) is 0.527. The van der Waals surface area contributed by atoms with Gasteiger partial charge in [-0.15, -0.1) is 0 Å². The molecule has 26 heavy (non-hydrogen) atoms. The summed E-state index contributed by atoms with van der Waals surface area (Å²) >= 11 is 0. The summed E-state index contributed by atoms with van der Waals surface area (Å²) in [6.45, 7) is 2.07. The zero-order valence-corrected chi connectivity index (χ0v) is 15.6. The average Bonchev–Trinajstić information content (AvgIpc) is 2.97. The van der Waals surface area contributed by atoms with Crippen molar-refractivity contribution in [1.82, 2.24) is 9.88 Å². The molecule has 8 heteroatoms. The Morgan fingerprint density at radius 3 is 2.73 bits per heavy atom. The molecule has 7 nitrogen and oxygen atoms in total. The molecule has 1 saturated heterocycles. The molecule has 2 heterocycles. The number of nitrogens with zero attached hydrogens (tertiary/aromatic N) is 1. The van der Waals surface area contributed by atoms with Gasteiger partial charge in [-0.1, -0.05) is 12.1 Å². The Kier molecular flexibility index (Phi) is 5.15. The standard InChI is InChI=1S/C18H22N2O5S/c1-3-25-18(22)16-14(10-20(2)12-8-9-26(23,24)11-12)17(21)13-6-4-5-7-15(13)19-16/h4-7,12H,3,8-11H2,1-2H3,(H,19,21)/t12-/m0/s1. The Morgan fingerprint density at radius 2 is 2.08 bits per heavy atom. The zero-order valence-electron chi connectivity index (χ0n) is 14.8. The number of esters is 1. The van der Waals surface area contributed by atoms with Gasteiger partial charge in [-0.3, -0.25) is 9.69 Å². The lowest BCUT2D eigenvalue weighted by Crippen LogP contribution is -2.35. The number of carbonyl (C=O) groups excluding carboxylic acids is 1. The normalized spacial score (nSPS) is 19.1. The molecule has 2 aromatic rings. The summed E-state index contributed by atoms with van der Waals surface area (Å²) < 4.78 is 28.6. The molecule has 0 aliphatic carbocycles. The van der Waals surface area contributed by atoms with Crippen molar-refractivity contribution in [3.8, 4) is 0 Å². The minimum absolute atomic E-state index is 0.0731. The van der Waals surface area contributed by atoms with Crippen LogP contribution in [0, 0.1) is 0 Å². The quantitative estimate of drug-likeness (QED) is 0.789. The van der Waals surface area contributed by atoms with E-state index in [9.17, 15) is 18.0 Å². The van der Waals surface area contributed by atoms with Crippen molar-refractivity contribution in [2.45, 2.75) is 25.9 Å². The first-order valence-electron chi connectivity index (χ1n) is 8.54. The molecule has 1 aromatic carbocycles. The molecule has 0 amide bonds. The molecular formula is C18H22N2O5S. The molecule has 3 rings (SSSR count). The number of ether oxygens (including phenoxy) is 1. The van der Waals surface area contributed by atoms with Gasteiger partial charge < -0.3 is 9.72 Å². The van der Waals surface area contributed by atoms with E-state index in [2.05, 4.69) is 4.98 Å². The minimum atomic E-state index is -3.03. The number of hydrogen-bond acceptors (Lipinski definition) is 6. The van der Waals surface area contributed by atoms with Gasteiger partial charge in [0.15, 0.2) is 15.3 Å². The van der Waals surface area contributed by atoms with Gasteiger partial charge in [-0.2, -0.15) is 0 Å². The fourth-order valence-corrected chi connectivity index (χ4v) is 5.11. The first-order chi connectivity index (χ1) is 12.3. The zero-order chi connectivity index (χ0) is 18.9. The number of fused-ring (bicyclic) bond motifs is 1. The van der Waals surface area contributed by atoms with Crippen molar-refractivity contribution in [3.05, 3.63) is 45.7 Å². The van der Waals surface area contributed by atoms with E-state index < -0.39 is 15.8 Å². The monoisotopic (exact) mass is 378 g/mol. The van der Waals surface area contributed by atoms with Crippen LogP contribution in [0.1, 0.15) is 29.4 Å². The van der Waals surface area contributed by atoms with Gasteiger partial charge in [-0.25, -0.2) is 13.2 Å². The van der Waals surface area contributed by atoms with E-state index >= 15 is 0 Å². The Labute approximate surface area is 151 Å². The van der Waals surface area contributed by atoms with Gasteiger partial charge >= 0.3 is 5.97 Å². The highest BCUT2D eigenvalue weighted by molar-refractivity contribution is 7.91. The number of sulfone groups is 1. The third kappa shape index (κ3) is 3.66. The highest BCUT2D eigenvalue weighted by atomic mass is 32.2. The second kappa shape index (κ2) is 7.20. The molecule has 1 atom stereocenters. The van der Waals surface area contributed by atoms with Crippen LogP contribution >= 0.6 is 0 Å². The molecule has 1 aliphatic heterocycles. The number of benzene rings is 1. The second-order valence-corrected chi connectivity index (χ2v) is 8.77. The summed E-state index contributed by atoms with van der Waals surface area (Å²) in [5.41, 5.74) is 0.753. The predicted molar refractivity (Wildman–Crippen MR) is 99.1 cm³/mol. The van der Waals surface area contributed by atoms with E-state index in [0.29, 0.717) is 22.9 Å². The number of hydrogen-bond donors (Lipinski definition) is 1. The van der Waals surface area contributed by atoms with Gasteiger partial charge in [0, 0.05) is 29.1 Å². The minimum Gasteiger partial charge on any atom is -0.461 e. The predicted octanol–water partition coefficient (Wildman–Crippen LogP) is 1.32. The summed E-state index contributed by atoms with van der Waals surface area (Å²) in [4.78, 5) is 30.2. The molecule has 0 radical (unpaired) electrons. The number of nitrogens with one attached hydrogen (secondary N) is 1. The Balaban J connectivity index is 2.02. The Bertz CT molecular complexity index is 996. The molecule has 1 N–H and O–H groups in total. The topological polar surface area (TPSA) is 96.5 Å². The van der Waals surface area contributed by atoms with Crippen molar-refractivity contribution < 1.29 is 17.9 Å². The summed E-state index contributed by atoms with van der Waals surface area (Å²) in [7, 11) is -1.26. The summed E-state index contributed by atoms with van der Waals surface area (Å²) in [5.74, 6) is -0.359. The van der Waals surface area contributed by atoms with Gasteiger partial charge in [-0.05, 0) is 32.5 Å². The highest BCUT2D eigenvalue weighted by Crippen LogP contribution is 2.20. The maximum Gasteiger partial charge on any atom is 0.355 e. The Morgan fingerprint density at radius 1 is 1.35 bits per heavy atom. The number of aromatic nitrogens is 1. The van der Waals surface area contributed by atoms with Crippen molar-refractivity contribution in [2.24, 2.45) is 0 Å². The number of H-pyrrole nitrogens is 1. The number of carbonyl (C=O) groups is 1. The number of pyridine rings is 1. The van der Waals surface area contributed by atoms with Crippen molar-refractivity contribution in [1.29, 1.82) is 0 Å². The van der Waals surface area contributed by atoms with Crippen LogP contribution in [0.25, 0.3) is 10.9 Å². The summed E-state index contributed by atoms with van der Waals surface area (Å²) in [5, 5.41) is 0.489. The molecule has 0 unspecified atom stereocenters. The van der Waals surface area contributed by atoms with Crippen molar-refractivity contribution in [3.63, 3.8) is 0 Å². The lowest BCUT2D eigenvalue weighted by atomic mass is 10.1. The van der Waals surface area contributed by atoms with E-state index in [0.717, 1.165) is 0 Å². The van der Waals surface area contributed by atoms with E-state index in [1.165, 1.54) is 0 Å². The van der Waals surface area contributed by atoms with Crippen LogP contribution in [-0.2, 0) is 21.1 Å². The van der Waals surface area contributed by atoms with Crippen molar-refractivity contribution >= 4 is 26.7 Å². The SMILES string of the molecule is CCOC(=O)c1[nH]c2ccccc2c(=O)c1CN(C)[C@H]1CCS(=O)(=O)C1. The van der Waals surface area contributed by atoms with E-state index in [4.69, 9.17) is 4.74 Å². The first kappa shape index (κ1) is 18.6. The van der Waals surface area contributed by atoms with E-state index in [1.807, 2.05) is 4.90 Å². The van der Waals surface area contributed by atoms with Gasteiger partial charge in [0.25, 0.3) is 0 Å². The van der Waals surface area contributed by atoms with Gasteiger partial charge in [0.1, 0.15) is 5.69 Å². The van der Waals surface area contributed by atoms with Crippen LogP contribution in [-0.4, -0.2) is 55.5 Å². The maximum atomic E-state index is 13.0. The fraction of sp³-hybridized carbons (Fsp3) is 0.444. The van der Waals surface area contributed by atoms with Crippen LogP contribution in [0.15, 0.2) is 29.1 Å². The molecule has 0 bridgehead atoms. The largest absolute Gasteiger partial charge is 0.461 e. The molecule has 1 aromatic heterocycles.